The molecule has 0 amide bonds. The van der Waals surface area contributed by atoms with E-state index >= 15 is 0 Å². The summed E-state index contributed by atoms with van der Waals surface area (Å²) >= 11 is 0. The first-order valence-corrected chi connectivity index (χ1v) is 6.94. The molecular formula is C11H17N3O2S. The monoisotopic (exact) mass is 255 g/mol. The number of rotatable bonds is 3. The molecule has 1 unspecified atom stereocenters. The summed E-state index contributed by atoms with van der Waals surface area (Å²) in [6.45, 7) is 4.35. The number of benzene rings is 1. The fourth-order valence-electron chi connectivity index (χ4n) is 1.81. The van der Waals surface area contributed by atoms with Gasteiger partial charge in [-0.2, -0.15) is 0 Å². The first-order valence-electron chi connectivity index (χ1n) is 5.39. The molecule has 2 rings (SSSR count). The molecule has 0 saturated heterocycles. The molecule has 1 aromatic carbocycles. The molecule has 0 heterocycles. The van der Waals surface area contributed by atoms with Gasteiger partial charge in [0.05, 0.1) is 5.69 Å². The lowest BCUT2D eigenvalue weighted by atomic mass is 10.2. The van der Waals surface area contributed by atoms with Gasteiger partial charge in [-0.3, -0.25) is 0 Å². The van der Waals surface area contributed by atoms with Crippen molar-refractivity contribution in [1.82, 2.24) is 0 Å². The third-order valence-electron chi connectivity index (χ3n) is 3.17. The zero-order valence-electron chi connectivity index (χ0n) is 9.90. The van der Waals surface area contributed by atoms with Crippen LogP contribution in [0.5, 0.6) is 0 Å². The molecule has 0 aromatic heterocycles. The summed E-state index contributed by atoms with van der Waals surface area (Å²) < 4.78 is 22.4. The van der Waals surface area contributed by atoms with E-state index in [1.165, 1.54) is 6.07 Å². The quantitative estimate of drug-likeness (QED) is 0.705. The Morgan fingerprint density at radius 2 is 2.00 bits per heavy atom. The van der Waals surface area contributed by atoms with Crippen molar-refractivity contribution in [1.29, 1.82) is 0 Å². The van der Waals surface area contributed by atoms with Crippen molar-refractivity contribution in [2.45, 2.75) is 31.2 Å². The number of sulfonamides is 1. The summed E-state index contributed by atoms with van der Waals surface area (Å²) in [7, 11) is -3.74. The van der Waals surface area contributed by atoms with Gasteiger partial charge in [0, 0.05) is 11.7 Å². The third kappa shape index (κ3) is 2.53. The number of nitrogens with two attached hydrogens (primary N) is 2. The number of nitrogens with one attached hydrogen (secondary N) is 1. The van der Waals surface area contributed by atoms with Gasteiger partial charge in [0.25, 0.3) is 0 Å². The Morgan fingerprint density at radius 1 is 1.41 bits per heavy atom. The van der Waals surface area contributed by atoms with Crippen LogP contribution in [0.25, 0.3) is 0 Å². The van der Waals surface area contributed by atoms with Crippen LogP contribution in [-0.2, 0) is 10.0 Å². The molecule has 94 valence electrons. The Kier molecular flexibility index (Phi) is 2.59. The smallest absolute Gasteiger partial charge is 0.240 e. The minimum Gasteiger partial charge on any atom is -0.398 e. The van der Waals surface area contributed by atoms with Gasteiger partial charge in [0.2, 0.25) is 10.0 Å². The molecular weight excluding hydrogens is 238 g/mol. The maximum atomic E-state index is 11.2. The fourth-order valence-corrected chi connectivity index (χ4v) is 2.46. The predicted octanol–water partition coefficient (Wildman–Crippen LogP) is 1.13. The SMILES string of the molecule is CC1(C)CC1Nc1ccc(S(N)(=O)=O)c(N)c1. The van der Waals surface area contributed by atoms with Gasteiger partial charge in [0.15, 0.2) is 0 Å². The number of nitrogen functional groups attached to an aromatic ring is 1. The summed E-state index contributed by atoms with van der Waals surface area (Å²) in [6, 6.07) is 5.14. The standard InChI is InChI=1S/C11H17N3O2S/c1-11(2)6-10(11)14-7-3-4-9(8(12)5-7)17(13,15)16/h3-5,10,14H,6,12H2,1-2H3,(H2,13,15,16). The van der Waals surface area contributed by atoms with Crippen LogP contribution in [0, 0.1) is 5.41 Å². The van der Waals surface area contributed by atoms with Crippen LogP contribution in [0.2, 0.25) is 0 Å². The van der Waals surface area contributed by atoms with Crippen molar-refractivity contribution in [3.63, 3.8) is 0 Å². The van der Waals surface area contributed by atoms with Gasteiger partial charge in [-0.25, -0.2) is 13.6 Å². The number of primary sulfonamides is 1. The highest BCUT2D eigenvalue weighted by atomic mass is 32.2. The van der Waals surface area contributed by atoms with Crippen LogP contribution in [0.4, 0.5) is 11.4 Å². The Labute approximate surface area is 101 Å². The minimum absolute atomic E-state index is 0.0295. The number of hydrogen-bond donors (Lipinski definition) is 3. The van der Waals surface area contributed by atoms with Crippen LogP contribution in [0.3, 0.4) is 0 Å². The van der Waals surface area contributed by atoms with Gasteiger partial charge in [-0.05, 0) is 30.0 Å². The van der Waals surface area contributed by atoms with Crippen molar-refractivity contribution in [3.8, 4) is 0 Å². The van der Waals surface area contributed by atoms with Gasteiger partial charge >= 0.3 is 0 Å². The van der Waals surface area contributed by atoms with Crippen LogP contribution < -0.4 is 16.2 Å². The normalized spacial score (nSPS) is 22.2. The second-order valence-corrected chi connectivity index (χ2v) is 6.72. The van der Waals surface area contributed by atoms with Crippen molar-refractivity contribution >= 4 is 21.4 Å². The molecule has 6 heteroatoms. The second-order valence-electron chi connectivity index (χ2n) is 5.19. The molecule has 1 atom stereocenters. The Balaban J connectivity index is 2.21. The molecule has 1 aliphatic rings. The molecule has 0 spiro atoms. The first kappa shape index (κ1) is 12.2. The zero-order valence-corrected chi connectivity index (χ0v) is 10.7. The molecule has 1 fully saturated rings. The summed E-state index contributed by atoms with van der Waals surface area (Å²) in [4.78, 5) is -0.0295. The maximum absolute atomic E-state index is 11.2. The van der Waals surface area contributed by atoms with E-state index in [1.54, 1.807) is 12.1 Å². The van der Waals surface area contributed by atoms with Gasteiger partial charge < -0.3 is 11.1 Å². The summed E-state index contributed by atoms with van der Waals surface area (Å²) in [5, 5.41) is 8.35. The molecule has 1 saturated carbocycles. The first-order chi connectivity index (χ1) is 7.70. The van der Waals surface area contributed by atoms with Crippen LogP contribution in [0.15, 0.2) is 23.1 Å². The lowest BCUT2D eigenvalue weighted by Crippen LogP contribution is -2.15. The molecule has 0 aliphatic heterocycles. The number of anilines is 2. The fraction of sp³-hybridized carbons (Fsp3) is 0.455. The van der Waals surface area contributed by atoms with Crippen molar-refractivity contribution in [2.75, 3.05) is 11.1 Å². The highest BCUT2D eigenvalue weighted by molar-refractivity contribution is 7.89. The lowest BCUT2D eigenvalue weighted by Gasteiger charge is -2.10. The van der Waals surface area contributed by atoms with E-state index < -0.39 is 10.0 Å². The second kappa shape index (κ2) is 3.61. The van der Waals surface area contributed by atoms with Gasteiger partial charge in [0.1, 0.15) is 4.90 Å². The highest BCUT2D eigenvalue weighted by Gasteiger charge is 2.45. The average molecular weight is 255 g/mol. The molecule has 0 bridgehead atoms. The molecule has 1 aromatic rings. The Morgan fingerprint density at radius 3 is 2.41 bits per heavy atom. The van der Waals surface area contributed by atoms with E-state index in [-0.39, 0.29) is 10.6 Å². The Bertz CT molecular complexity index is 552. The largest absolute Gasteiger partial charge is 0.398 e. The zero-order chi connectivity index (χ0) is 12.8. The molecule has 17 heavy (non-hydrogen) atoms. The topological polar surface area (TPSA) is 98.2 Å². The summed E-state index contributed by atoms with van der Waals surface area (Å²) in [5.74, 6) is 0. The van der Waals surface area contributed by atoms with Gasteiger partial charge in [-0.15, -0.1) is 0 Å². The van der Waals surface area contributed by atoms with Gasteiger partial charge in [-0.1, -0.05) is 13.8 Å². The average Bonchev–Trinajstić information content (AvgIpc) is 2.71. The predicted molar refractivity (Wildman–Crippen MR) is 68.0 cm³/mol. The molecule has 5 nitrogen and oxygen atoms in total. The van der Waals surface area contributed by atoms with Crippen LogP contribution in [-0.4, -0.2) is 14.5 Å². The summed E-state index contributed by atoms with van der Waals surface area (Å²) in [5.41, 5.74) is 6.97. The molecule has 0 radical (unpaired) electrons. The Hall–Kier alpha value is -1.27. The number of hydrogen-bond acceptors (Lipinski definition) is 4. The van der Waals surface area contributed by atoms with E-state index in [4.69, 9.17) is 10.9 Å². The molecule has 1 aliphatic carbocycles. The van der Waals surface area contributed by atoms with Crippen LogP contribution in [0.1, 0.15) is 20.3 Å². The minimum atomic E-state index is -3.74. The maximum Gasteiger partial charge on any atom is 0.240 e. The lowest BCUT2D eigenvalue weighted by molar-refractivity contribution is 0.598. The molecule has 5 N–H and O–H groups in total. The van der Waals surface area contributed by atoms with E-state index in [0.29, 0.717) is 11.5 Å². The van der Waals surface area contributed by atoms with E-state index in [9.17, 15) is 8.42 Å². The van der Waals surface area contributed by atoms with Crippen molar-refractivity contribution in [3.05, 3.63) is 18.2 Å². The van der Waals surface area contributed by atoms with E-state index in [1.807, 2.05) is 0 Å². The highest BCUT2D eigenvalue weighted by Crippen LogP contribution is 2.46. The van der Waals surface area contributed by atoms with E-state index in [0.717, 1.165) is 12.1 Å². The van der Waals surface area contributed by atoms with Crippen LogP contribution >= 0.6 is 0 Å². The van der Waals surface area contributed by atoms with E-state index in [2.05, 4.69) is 19.2 Å². The summed E-state index contributed by atoms with van der Waals surface area (Å²) in [6.07, 6.45) is 1.10. The third-order valence-corrected chi connectivity index (χ3v) is 4.16. The van der Waals surface area contributed by atoms with Crippen molar-refractivity contribution in [2.24, 2.45) is 10.6 Å². The van der Waals surface area contributed by atoms with Crippen molar-refractivity contribution < 1.29 is 8.42 Å².